The quantitative estimate of drug-likeness (QED) is 0.312. The Hall–Kier alpha value is -3.57. The van der Waals surface area contributed by atoms with Crippen LogP contribution >= 0.6 is 23.1 Å². The van der Waals surface area contributed by atoms with Crippen LogP contribution in [0.3, 0.4) is 0 Å². The molecular weight excluding hydrogens is 576 g/mol. The monoisotopic (exact) mass is 606 g/mol. The van der Waals surface area contributed by atoms with E-state index in [1.807, 2.05) is 43.3 Å². The topological polar surface area (TPSA) is 115 Å². The number of carbonyl (C=O) groups is 3. The van der Waals surface area contributed by atoms with Gasteiger partial charge in [-0.2, -0.15) is 0 Å². The number of aromatic amines is 1. The maximum atomic E-state index is 13.9. The van der Waals surface area contributed by atoms with Crippen LogP contribution in [0.1, 0.15) is 35.3 Å². The van der Waals surface area contributed by atoms with Crippen molar-refractivity contribution < 1.29 is 28.6 Å². The van der Waals surface area contributed by atoms with Crippen molar-refractivity contribution in [3.05, 3.63) is 68.1 Å². The molecule has 42 heavy (non-hydrogen) atoms. The molecule has 3 heterocycles. The molecule has 11 heteroatoms. The molecule has 1 aromatic heterocycles. The number of imide groups is 1. The molecule has 1 saturated heterocycles. The average molecular weight is 607 g/mol. The number of nitrogens with one attached hydrogen (secondary N) is 1. The van der Waals surface area contributed by atoms with Crippen molar-refractivity contribution in [2.24, 2.45) is 29.6 Å². The molecule has 9 nitrogen and oxygen atoms in total. The summed E-state index contributed by atoms with van der Waals surface area (Å²) in [5, 5.41) is 0.925. The highest BCUT2D eigenvalue weighted by molar-refractivity contribution is 8.00. The number of nitrogens with zero attached hydrogens (tertiary/aromatic N) is 1. The van der Waals surface area contributed by atoms with Crippen LogP contribution < -0.4 is 19.2 Å². The number of methoxy groups -OCH3 is 1. The van der Waals surface area contributed by atoms with Crippen LogP contribution in [0.2, 0.25) is 0 Å². The Labute approximate surface area is 250 Å². The molecule has 4 aliphatic rings. The molecule has 218 valence electrons. The Balaban J connectivity index is 1.25. The summed E-state index contributed by atoms with van der Waals surface area (Å²) in [6.07, 6.45) is 0.810. The second-order valence-corrected chi connectivity index (χ2v) is 13.5. The Kier molecular flexibility index (Phi) is 6.69. The maximum Gasteiger partial charge on any atom is 0.344 e. The third-order valence-corrected chi connectivity index (χ3v) is 11.8. The van der Waals surface area contributed by atoms with Gasteiger partial charge < -0.3 is 19.2 Å². The van der Waals surface area contributed by atoms with Crippen LogP contribution in [0.25, 0.3) is 0 Å². The number of esters is 1. The van der Waals surface area contributed by atoms with Crippen molar-refractivity contribution in [3.8, 4) is 11.5 Å². The molecule has 2 aliphatic carbocycles. The van der Waals surface area contributed by atoms with Gasteiger partial charge in [0.05, 0.1) is 36.3 Å². The fraction of sp³-hybridized carbons (Fsp3) is 0.419. The molecule has 7 rings (SSSR count). The molecule has 3 aromatic rings. The fourth-order valence-electron chi connectivity index (χ4n) is 7.67. The van der Waals surface area contributed by atoms with E-state index >= 15 is 0 Å². The number of fused-ring (bicyclic) bond motifs is 9. The lowest BCUT2D eigenvalue weighted by atomic mass is 9.68. The van der Waals surface area contributed by atoms with E-state index in [1.165, 1.54) is 16.2 Å². The summed E-state index contributed by atoms with van der Waals surface area (Å²) in [4.78, 5) is 57.4. The van der Waals surface area contributed by atoms with Crippen LogP contribution in [0.15, 0.2) is 52.3 Å². The van der Waals surface area contributed by atoms with E-state index in [9.17, 15) is 19.2 Å². The van der Waals surface area contributed by atoms with E-state index in [2.05, 4.69) is 4.98 Å². The highest BCUT2D eigenvalue weighted by Crippen LogP contribution is 2.68. The molecule has 0 radical (unpaired) electrons. The zero-order chi connectivity index (χ0) is 29.3. The highest BCUT2D eigenvalue weighted by Gasteiger charge is 2.69. The number of aryl methyl sites for hydroxylation is 1. The van der Waals surface area contributed by atoms with Gasteiger partial charge in [0.1, 0.15) is 0 Å². The average Bonchev–Trinajstić information content (AvgIpc) is 3.71. The number of thiazole rings is 1. The lowest BCUT2D eigenvalue weighted by Crippen LogP contribution is -2.42. The van der Waals surface area contributed by atoms with Crippen molar-refractivity contribution in [2.75, 3.05) is 25.2 Å². The Morgan fingerprint density at radius 1 is 1.02 bits per heavy atom. The first kappa shape index (κ1) is 27.3. The largest absolute Gasteiger partial charge is 0.493 e. The van der Waals surface area contributed by atoms with E-state index in [0.29, 0.717) is 17.2 Å². The van der Waals surface area contributed by atoms with Crippen molar-refractivity contribution in [3.63, 3.8) is 0 Å². The fourth-order valence-corrected chi connectivity index (χ4v) is 10.6. The molecule has 2 saturated carbocycles. The van der Waals surface area contributed by atoms with Crippen LogP contribution in [0.4, 0.5) is 5.69 Å². The second-order valence-electron chi connectivity index (χ2n) is 11.3. The number of hydrogen-bond donors (Lipinski definition) is 1. The molecule has 2 amide bonds. The van der Waals surface area contributed by atoms with Crippen molar-refractivity contribution in [2.45, 2.75) is 36.5 Å². The molecular formula is C31H30N2O7S2. The van der Waals surface area contributed by atoms with Crippen LogP contribution in [0.5, 0.6) is 11.5 Å². The summed E-state index contributed by atoms with van der Waals surface area (Å²) in [6.45, 7) is 3.74. The highest BCUT2D eigenvalue weighted by atomic mass is 32.2. The van der Waals surface area contributed by atoms with Gasteiger partial charge in [0.25, 0.3) is 0 Å². The summed E-state index contributed by atoms with van der Waals surface area (Å²) in [5.74, 6) is -0.584. The Morgan fingerprint density at radius 3 is 2.48 bits per heavy atom. The molecule has 2 bridgehead atoms. The summed E-state index contributed by atoms with van der Waals surface area (Å²) in [7, 11) is 1.54. The zero-order valence-corrected chi connectivity index (χ0v) is 25.0. The number of benzene rings is 2. The van der Waals surface area contributed by atoms with Crippen LogP contribution in [-0.2, 0) is 19.1 Å². The van der Waals surface area contributed by atoms with Gasteiger partial charge in [0.2, 0.25) is 11.8 Å². The summed E-state index contributed by atoms with van der Waals surface area (Å²) >= 11 is 2.86. The third-order valence-electron chi connectivity index (χ3n) is 9.21. The van der Waals surface area contributed by atoms with Gasteiger partial charge in [-0.15, -0.1) is 11.8 Å². The molecule has 2 aromatic carbocycles. The number of amides is 2. The number of ether oxygens (including phenoxy) is 3. The van der Waals surface area contributed by atoms with E-state index in [-0.39, 0.29) is 70.7 Å². The predicted octanol–water partition coefficient (Wildman–Crippen LogP) is 4.37. The number of carbonyl (C=O) groups excluding carboxylic acids is 3. The number of H-pyrrole nitrogens is 1. The predicted molar refractivity (Wildman–Crippen MR) is 157 cm³/mol. The Bertz CT molecular complexity index is 1650. The van der Waals surface area contributed by atoms with Crippen molar-refractivity contribution in [1.82, 2.24) is 4.98 Å². The van der Waals surface area contributed by atoms with Crippen molar-refractivity contribution >= 4 is 46.6 Å². The normalized spacial score (nSPS) is 28.8. The van der Waals surface area contributed by atoms with Gasteiger partial charge in [-0.3, -0.25) is 19.3 Å². The van der Waals surface area contributed by atoms with Gasteiger partial charge in [-0.1, -0.05) is 35.1 Å². The van der Waals surface area contributed by atoms with Gasteiger partial charge in [-0.25, -0.2) is 4.79 Å². The molecule has 0 spiro atoms. The summed E-state index contributed by atoms with van der Waals surface area (Å²) < 4.78 is 16.3. The first-order chi connectivity index (χ1) is 20.3. The number of rotatable bonds is 7. The SMILES string of the molecule is CCOC(=O)COc1ccc([C@@H]2c3sc(=O)[nH]c3S[C@@H]3[C@@H]4C[C@@H]([C@@H]5C(=O)N(c6ccc(C)cc6)C(=O)[C@@H]45)[C@H]23)cc1OC. The molecule has 2 aliphatic heterocycles. The first-order valence-electron chi connectivity index (χ1n) is 14.1. The van der Waals surface area contributed by atoms with E-state index in [1.54, 1.807) is 31.9 Å². The van der Waals surface area contributed by atoms with Crippen LogP contribution in [-0.4, -0.2) is 48.3 Å². The Morgan fingerprint density at radius 2 is 1.76 bits per heavy atom. The van der Waals surface area contributed by atoms with Crippen molar-refractivity contribution in [1.29, 1.82) is 0 Å². The molecule has 3 fully saturated rings. The number of aromatic nitrogens is 1. The van der Waals surface area contributed by atoms with Gasteiger partial charge in [-0.05, 0) is 67.9 Å². The van der Waals surface area contributed by atoms with E-state index in [0.717, 1.165) is 27.5 Å². The first-order valence-corrected chi connectivity index (χ1v) is 15.8. The summed E-state index contributed by atoms with van der Waals surface area (Å²) in [5.41, 5.74) is 2.64. The van der Waals surface area contributed by atoms with Gasteiger partial charge in [0, 0.05) is 16.0 Å². The lowest BCUT2D eigenvalue weighted by molar-refractivity contribution is -0.145. The van der Waals surface area contributed by atoms with Gasteiger partial charge in [0.15, 0.2) is 18.1 Å². The van der Waals surface area contributed by atoms with E-state index < -0.39 is 5.97 Å². The van der Waals surface area contributed by atoms with Crippen LogP contribution in [0, 0.1) is 36.5 Å². The number of anilines is 1. The zero-order valence-electron chi connectivity index (χ0n) is 23.3. The molecule has 7 atom stereocenters. The van der Waals surface area contributed by atoms with Gasteiger partial charge >= 0.3 is 10.8 Å². The smallest absolute Gasteiger partial charge is 0.344 e. The summed E-state index contributed by atoms with van der Waals surface area (Å²) in [6, 6.07) is 13.2. The standard InChI is InChI=1S/C31H30N2O7S2/c1-4-39-21(34)13-40-19-10-7-15(11-20(19)38-3)22-23-17-12-18(26(23)41-28-27(22)42-31(37)32-28)25-24(17)29(35)33(30(25)36)16-8-5-14(2)6-9-16/h5-11,17-18,22-26H,4,12-13H2,1-3H3,(H,32,37)/t17-,18-,22+,23-,24+,25+,26-/m1/s1. The minimum Gasteiger partial charge on any atom is -0.493 e. The third kappa shape index (κ3) is 4.11. The molecule has 1 N–H and O–H groups in total. The minimum absolute atomic E-state index is 0.00508. The second kappa shape index (κ2) is 10.3. The number of hydrogen-bond acceptors (Lipinski definition) is 9. The number of thioether (sulfide) groups is 1. The minimum atomic E-state index is -0.468. The van der Waals surface area contributed by atoms with E-state index in [4.69, 9.17) is 14.2 Å². The lowest BCUT2D eigenvalue weighted by Gasteiger charge is -2.43. The molecule has 0 unspecified atom stereocenters. The maximum absolute atomic E-state index is 13.9.